The summed E-state index contributed by atoms with van der Waals surface area (Å²) in [4.78, 5) is 27.3. The number of likely N-dealkylation sites (tertiary alicyclic amines) is 1. The molecule has 1 N–H and O–H groups in total. The van der Waals surface area contributed by atoms with Crippen molar-refractivity contribution in [3.05, 3.63) is 30.5 Å². The van der Waals surface area contributed by atoms with Crippen LogP contribution in [0.2, 0.25) is 0 Å². The van der Waals surface area contributed by atoms with E-state index < -0.39 is 0 Å². The topological polar surface area (TPSA) is 75.5 Å². The van der Waals surface area contributed by atoms with Gasteiger partial charge in [-0.25, -0.2) is 9.97 Å². The number of imidazole rings is 1. The zero-order valence-corrected chi connectivity index (χ0v) is 15.6. The number of rotatable bonds is 2. The predicted molar refractivity (Wildman–Crippen MR) is 102 cm³/mol. The van der Waals surface area contributed by atoms with Crippen molar-refractivity contribution in [2.45, 2.75) is 44.6 Å². The summed E-state index contributed by atoms with van der Waals surface area (Å²) in [5, 5.41) is 0. The number of nitrogens with one attached hydrogen (secondary N) is 1. The smallest absolute Gasteiger partial charge is 0.251 e. The van der Waals surface area contributed by atoms with E-state index in [4.69, 9.17) is 9.72 Å². The zero-order chi connectivity index (χ0) is 18.4. The molecule has 7 heteroatoms. The van der Waals surface area contributed by atoms with Gasteiger partial charge in [0.05, 0.1) is 23.4 Å². The number of H-pyrrole nitrogens is 1. The Labute approximate surface area is 157 Å². The highest BCUT2D eigenvalue weighted by molar-refractivity contribution is 5.81. The van der Waals surface area contributed by atoms with Crippen molar-refractivity contribution in [3.8, 4) is 0 Å². The Bertz CT molecular complexity index is 971. The Balaban J connectivity index is 1.47. The van der Waals surface area contributed by atoms with Crippen LogP contribution in [-0.4, -0.2) is 56.0 Å². The average Bonchev–Trinajstić information content (AvgIpc) is 3.35. The van der Waals surface area contributed by atoms with Crippen LogP contribution < -0.4 is 0 Å². The molecule has 2 saturated heterocycles. The highest BCUT2D eigenvalue weighted by Crippen LogP contribution is 2.33. The quantitative estimate of drug-likeness (QED) is 0.756. The summed E-state index contributed by atoms with van der Waals surface area (Å²) >= 11 is 0. The van der Waals surface area contributed by atoms with E-state index in [1.165, 1.54) is 0 Å². The molecule has 0 aliphatic carbocycles. The molecule has 5 rings (SSSR count). The molecular formula is C20H25N5O2. The Morgan fingerprint density at radius 2 is 2.15 bits per heavy atom. The minimum absolute atomic E-state index is 0.154. The van der Waals surface area contributed by atoms with E-state index in [2.05, 4.69) is 21.3 Å². The van der Waals surface area contributed by atoms with Gasteiger partial charge in [0.25, 0.3) is 5.91 Å². The number of aromatic nitrogens is 4. The molecule has 7 nitrogen and oxygen atoms in total. The van der Waals surface area contributed by atoms with Crippen LogP contribution in [0.3, 0.4) is 0 Å². The number of carbonyl (C=O) groups excluding carboxylic acids is 1. The second-order valence-corrected chi connectivity index (χ2v) is 7.86. The van der Waals surface area contributed by atoms with Gasteiger partial charge in [-0.3, -0.25) is 9.20 Å². The fourth-order valence-corrected chi connectivity index (χ4v) is 4.51. The summed E-state index contributed by atoms with van der Waals surface area (Å²) in [6.07, 6.45) is 9.34. The summed E-state index contributed by atoms with van der Waals surface area (Å²) in [6.45, 7) is 4.47. The molecule has 5 heterocycles. The molecule has 0 radical (unpaired) electrons. The van der Waals surface area contributed by atoms with E-state index in [-0.39, 0.29) is 17.9 Å². The van der Waals surface area contributed by atoms with Crippen molar-refractivity contribution in [2.75, 3.05) is 19.7 Å². The van der Waals surface area contributed by atoms with Crippen LogP contribution in [0.4, 0.5) is 0 Å². The molecule has 3 aromatic rings. The minimum atomic E-state index is -0.259. The van der Waals surface area contributed by atoms with Crippen LogP contribution >= 0.6 is 0 Å². The van der Waals surface area contributed by atoms with Crippen LogP contribution in [0.1, 0.15) is 44.3 Å². The minimum Gasteiger partial charge on any atom is -0.368 e. The number of hydrogen-bond donors (Lipinski definition) is 1. The fourth-order valence-electron chi connectivity index (χ4n) is 4.51. The van der Waals surface area contributed by atoms with Gasteiger partial charge in [0, 0.05) is 31.8 Å². The summed E-state index contributed by atoms with van der Waals surface area (Å²) in [5.41, 5.74) is 2.88. The average molecular weight is 367 g/mol. The number of nitrogens with zero attached hydrogens (tertiary/aromatic N) is 4. The maximum absolute atomic E-state index is 13.0. The van der Waals surface area contributed by atoms with Crippen LogP contribution in [-0.2, 0) is 9.53 Å². The van der Waals surface area contributed by atoms with Gasteiger partial charge in [-0.2, -0.15) is 0 Å². The normalized spacial score (nSPS) is 26.7. The third kappa shape index (κ3) is 2.81. The first kappa shape index (κ1) is 16.7. The number of piperidine rings is 1. The molecule has 0 saturated carbocycles. The third-order valence-electron chi connectivity index (χ3n) is 6.14. The SMILES string of the molecule is C[C@@H]1CCN(C(=O)[C@@H]2CCCCO2)C[C@@H]1c1ncc2cnc3[nH]ccc3n12. The number of aromatic amines is 1. The molecule has 142 valence electrons. The summed E-state index contributed by atoms with van der Waals surface area (Å²) in [5.74, 6) is 1.84. The van der Waals surface area contributed by atoms with Crippen LogP contribution in [0.15, 0.2) is 24.7 Å². The Kier molecular flexibility index (Phi) is 4.11. The lowest BCUT2D eigenvalue weighted by molar-refractivity contribution is -0.148. The van der Waals surface area contributed by atoms with E-state index in [0.717, 1.165) is 54.7 Å². The third-order valence-corrected chi connectivity index (χ3v) is 6.14. The second kappa shape index (κ2) is 6.64. The van der Waals surface area contributed by atoms with Crippen molar-refractivity contribution in [1.82, 2.24) is 24.3 Å². The first-order valence-electron chi connectivity index (χ1n) is 9.92. The fraction of sp³-hybridized carbons (Fsp3) is 0.550. The van der Waals surface area contributed by atoms with Crippen molar-refractivity contribution in [1.29, 1.82) is 0 Å². The maximum atomic E-state index is 13.0. The second-order valence-electron chi connectivity index (χ2n) is 7.86. The lowest BCUT2D eigenvalue weighted by Gasteiger charge is -2.38. The van der Waals surface area contributed by atoms with Crippen molar-refractivity contribution in [3.63, 3.8) is 0 Å². The number of fused-ring (bicyclic) bond motifs is 3. The van der Waals surface area contributed by atoms with Crippen LogP contribution in [0.25, 0.3) is 16.7 Å². The Morgan fingerprint density at radius 1 is 1.26 bits per heavy atom. The summed E-state index contributed by atoms with van der Waals surface area (Å²) in [7, 11) is 0. The standard InChI is InChI=1S/C20H25N5O2/c1-13-6-8-24(20(26)17-4-2-3-9-27-17)12-15(13)19-23-11-14-10-22-18-16(25(14)19)5-7-21-18/h5,7,10-11,13,15,17,21H,2-4,6,8-9,12H2,1H3/t13-,15+,17+/m1/s1. The molecule has 0 unspecified atom stereocenters. The number of ether oxygens (including phenoxy) is 1. The predicted octanol–water partition coefficient (Wildman–Crippen LogP) is 2.73. The van der Waals surface area contributed by atoms with Gasteiger partial charge in [-0.1, -0.05) is 6.92 Å². The van der Waals surface area contributed by atoms with Crippen LogP contribution in [0, 0.1) is 5.92 Å². The Morgan fingerprint density at radius 3 is 3.00 bits per heavy atom. The Hall–Kier alpha value is -2.41. The lowest BCUT2D eigenvalue weighted by Crippen LogP contribution is -2.48. The first-order chi connectivity index (χ1) is 13.2. The molecule has 0 spiro atoms. The van der Waals surface area contributed by atoms with Gasteiger partial charge in [0.15, 0.2) is 5.65 Å². The van der Waals surface area contributed by atoms with E-state index in [9.17, 15) is 4.79 Å². The molecule has 3 aromatic heterocycles. The van der Waals surface area contributed by atoms with Crippen LogP contribution in [0.5, 0.6) is 0 Å². The molecule has 0 aromatic carbocycles. The van der Waals surface area contributed by atoms with Gasteiger partial charge in [-0.05, 0) is 37.7 Å². The molecule has 2 aliphatic heterocycles. The highest BCUT2D eigenvalue weighted by Gasteiger charge is 2.35. The molecule has 1 amide bonds. The monoisotopic (exact) mass is 367 g/mol. The molecular weight excluding hydrogens is 342 g/mol. The number of hydrogen-bond acceptors (Lipinski definition) is 4. The molecule has 27 heavy (non-hydrogen) atoms. The highest BCUT2D eigenvalue weighted by atomic mass is 16.5. The van der Waals surface area contributed by atoms with E-state index in [0.29, 0.717) is 19.1 Å². The molecule has 3 atom stereocenters. The van der Waals surface area contributed by atoms with Gasteiger partial charge in [0.2, 0.25) is 0 Å². The van der Waals surface area contributed by atoms with Crippen molar-refractivity contribution in [2.24, 2.45) is 5.92 Å². The van der Waals surface area contributed by atoms with Crippen molar-refractivity contribution >= 4 is 22.6 Å². The van der Waals surface area contributed by atoms with E-state index in [1.807, 2.05) is 29.6 Å². The molecule has 2 aliphatic rings. The molecule has 2 fully saturated rings. The lowest BCUT2D eigenvalue weighted by atomic mass is 9.86. The van der Waals surface area contributed by atoms with E-state index in [1.54, 1.807) is 0 Å². The maximum Gasteiger partial charge on any atom is 0.251 e. The summed E-state index contributed by atoms with van der Waals surface area (Å²) in [6, 6.07) is 2.03. The van der Waals surface area contributed by atoms with Gasteiger partial charge in [-0.15, -0.1) is 0 Å². The number of carbonyl (C=O) groups is 1. The first-order valence-corrected chi connectivity index (χ1v) is 9.92. The van der Waals surface area contributed by atoms with Crippen molar-refractivity contribution < 1.29 is 9.53 Å². The van der Waals surface area contributed by atoms with E-state index >= 15 is 0 Å². The zero-order valence-electron chi connectivity index (χ0n) is 15.6. The van der Waals surface area contributed by atoms with Gasteiger partial charge < -0.3 is 14.6 Å². The largest absolute Gasteiger partial charge is 0.368 e. The molecule has 0 bridgehead atoms. The number of amides is 1. The van der Waals surface area contributed by atoms with Gasteiger partial charge >= 0.3 is 0 Å². The summed E-state index contributed by atoms with van der Waals surface area (Å²) < 4.78 is 7.92. The van der Waals surface area contributed by atoms with Gasteiger partial charge in [0.1, 0.15) is 11.9 Å².